The van der Waals surface area contributed by atoms with Crippen molar-refractivity contribution in [3.05, 3.63) is 64.8 Å². The van der Waals surface area contributed by atoms with Crippen LogP contribution in [0.5, 0.6) is 5.75 Å². The van der Waals surface area contributed by atoms with Gasteiger partial charge in [-0.1, -0.05) is 29.3 Å². The maximum absolute atomic E-state index is 10.4. The van der Waals surface area contributed by atoms with Gasteiger partial charge in [0.25, 0.3) is 0 Å². The van der Waals surface area contributed by atoms with E-state index in [0.717, 1.165) is 48.5 Å². The molecule has 0 radical (unpaired) electrons. The lowest BCUT2D eigenvalue weighted by molar-refractivity contribution is 0.0663. The number of benzene rings is 2. The van der Waals surface area contributed by atoms with Gasteiger partial charge in [0.15, 0.2) is 0 Å². The molecule has 0 amide bonds. The molecule has 5 nitrogen and oxygen atoms in total. The van der Waals surface area contributed by atoms with Crippen molar-refractivity contribution in [1.82, 2.24) is 9.88 Å². The first-order valence-corrected chi connectivity index (χ1v) is 10.4. The van der Waals surface area contributed by atoms with Gasteiger partial charge in [-0.2, -0.15) is 0 Å². The van der Waals surface area contributed by atoms with Gasteiger partial charge < -0.3 is 14.7 Å². The standard InChI is InChI=1S/C22H23Cl2N3O2/c23-17-3-5-20(24)22(13-17)27-10-8-26(9-11-27)14-18(28)15-29-19-4-6-21-16(12-19)2-1-7-25-21/h1-7,12-13,18,28H,8-11,14-15H2. The lowest BCUT2D eigenvalue weighted by atomic mass is 10.2. The number of aliphatic hydroxyl groups is 1. The van der Waals surface area contributed by atoms with Crippen LogP contribution in [0.15, 0.2) is 54.7 Å². The molecule has 4 rings (SSSR count). The molecule has 1 aliphatic rings. The molecule has 2 heterocycles. The first kappa shape index (κ1) is 20.2. The number of nitrogens with zero attached hydrogens (tertiary/aromatic N) is 3. The predicted molar refractivity (Wildman–Crippen MR) is 118 cm³/mol. The molecule has 29 heavy (non-hydrogen) atoms. The number of halogens is 2. The minimum atomic E-state index is -0.555. The fourth-order valence-corrected chi connectivity index (χ4v) is 3.99. The topological polar surface area (TPSA) is 48.8 Å². The molecule has 1 unspecified atom stereocenters. The van der Waals surface area contributed by atoms with Crippen LogP contribution in [0, 0.1) is 0 Å². The zero-order valence-corrected chi connectivity index (χ0v) is 17.5. The van der Waals surface area contributed by atoms with Crippen LogP contribution >= 0.6 is 23.2 Å². The molecule has 0 aliphatic carbocycles. The van der Waals surface area contributed by atoms with Crippen LogP contribution in [0.25, 0.3) is 10.9 Å². The molecule has 1 aliphatic heterocycles. The molecule has 3 aromatic rings. The number of pyridine rings is 1. The molecule has 1 atom stereocenters. The van der Waals surface area contributed by atoms with Gasteiger partial charge in [-0.25, -0.2) is 0 Å². The van der Waals surface area contributed by atoms with Crippen molar-refractivity contribution in [2.45, 2.75) is 6.10 Å². The third-order valence-electron chi connectivity index (χ3n) is 5.11. The number of aliphatic hydroxyl groups excluding tert-OH is 1. The maximum atomic E-state index is 10.4. The Morgan fingerprint density at radius 1 is 1.03 bits per heavy atom. The molecule has 1 saturated heterocycles. The molecule has 0 bridgehead atoms. The number of β-amino-alcohol motifs (C(OH)–C–C–N with tert-alkyl or cyclic N) is 1. The van der Waals surface area contributed by atoms with Crippen LogP contribution in [0.3, 0.4) is 0 Å². The Labute approximate surface area is 180 Å². The van der Waals surface area contributed by atoms with Gasteiger partial charge >= 0.3 is 0 Å². The second kappa shape index (κ2) is 9.18. The van der Waals surface area contributed by atoms with E-state index in [0.29, 0.717) is 16.6 Å². The van der Waals surface area contributed by atoms with E-state index in [1.807, 2.05) is 42.5 Å². The third-order valence-corrected chi connectivity index (χ3v) is 5.66. The summed E-state index contributed by atoms with van der Waals surface area (Å²) in [5.41, 5.74) is 1.89. The van der Waals surface area contributed by atoms with Gasteiger partial charge in [0.2, 0.25) is 0 Å². The number of piperazine rings is 1. The number of hydrogen-bond donors (Lipinski definition) is 1. The van der Waals surface area contributed by atoms with Gasteiger partial charge in [0.1, 0.15) is 18.5 Å². The number of ether oxygens (including phenoxy) is 1. The zero-order chi connectivity index (χ0) is 20.2. The smallest absolute Gasteiger partial charge is 0.120 e. The lowest BCUT2D eigenvalue weighted by Crippen LogP contribution is -2.49. The molecule has 2 aromatic carbocycles. The lowest BCUT2D eigenvalue weighted by Gasteiger charge is -2.37. The van der Waals surface area contributed by atoms with E-state index < -0.39 is 6.10 Å². The van der Waals surface area contributed by atoms with Gasteiger partial charge in [-0.05, 0) is 42.5 Å². The van der Waals surface area contributed by atoms with Gasteiger partial charge in [-0.3, -0.25) is 9.88 Å². The monoisotopic (exact) mass is 431 g/mol. The van der Waals surface area contributed by atoms with Crippen molar-refractivity contribution in [2.75, 3.05) is 44.2 Å². The number of hydrogen-bond acceptors (Lipinski definition) is 5. The largest absolute Gasteiger partial charge is 0.491 e. The van der Waals surface area contributed by atoms with Crippen LogP contribution in [-0.2, 0) is 0 Å². The minimum Gasteiger partial charge on any atom is -0.491 e. The van der Waals surface area contributed by atoms with Gasteiger partial charge in [0.05, 0.1) is 16.2 Å². The van der Waals surface area contributed by atoms with E-state index in [-0.39, 0.29) is 6.61 Å². The number of fused-ring (bicyclic) bond motifs is 1. The third kappa shape index (κ3) is 5.11. The average molecular weight is 432 g/mol. The Bertz CT molecular complexity index is 977. The second-order valence-electron chi connectivity index (χ2n) is 7.21. The highest BCUT2D eigenvalue weighted by atomic mass is 35.5. The molecule has 152 valence electrons. The van der Waals surface area contributed by atoms with Crippen molar-refractivity contribution >= 4 is 39.8 Å². The number of anilines is 1. The first-order valence-electron chi connectivity index (χ1n) is 9.66. The van der Waals surface area contributed by atoms with Crippen LogP contribution in [0.1, 0.15) is 0 Å². The zero-order valence-electron chi connectivity index (χ0n) is 16.0. The molecule has 0 saturated carbocycles. The highest BCUT2D eigenvalue weighted by Gasteiger charge is 2.21. The summed E-state index contributed by atoms with van der Waals surface area (Å²) in [7, 11) is 0. The Morgan fingerprint density at radius 3 is 2.69 bits per heavy atom. The minimum absolute atomic E-state index is 0.256. The average Bonchev–Trinajstić information content (AvgIpc) is 2.74. The van der Waals surface area contributed by atoms with Gasteiger partial charge in [0, 0.05) is 49.3 Å². The summed E-state index contributed by atoms with van der Waals surface area (Å²) in [6.45, 7) is 4.21. The molecule has 1 N–H and O–H groups in total. The first-order chi connectivity index (χ1) is 14.1. The van der Waals surface area contributed by atoms with Crippen molar-refractivity contribution in [3.63, 3.8) is 0 Å². The highest BCUT2D eigenvalue weighted by molar-refractivity contribution is 6.35. The summed E-state index contributed by atoms with van der Waals surface area (Å²) in [6, 6.07) is 15.2. The van der Waals surface area contributed by atoms with E-state index in [9.17, 15) is 5.11 Å². The summed E-state index contributed by atoms with van der Waals surface area (Å²) in [5.74, 6) is 0.741. The van der Waals surface area contributed by atoms with Gasteiger partial charge in [-0.15, -0.1) is 0 Å². The summed E-state index contributed by atoms with van der Waals surface area (Å²) in [6.07, 6.45) is 1.22. The van der Waals surface area contributed by atoms with E-state index in [1.54, 1.807) is 12.3 Å². The van der Waals surface area contributed by atoms with Crippen LogP contribution in [0.2, 0.25) is 10.0 Å². The fourth-order valence-electron chi connectivity index (χ4n) is 3.59. The predicted octanol–water partition coefficient (Wildman–Crippen LogP) is 4.10. The number of rotatable bonds is 6. The van der Waals surface area contributed by atoms with Crippen molar-refractivity contribution in [2.24, 2.45) is 0 Å². The van der Waals surface area contributed by atoms with E-state index in [4.69, 9.17) is 27.9 Å². The molecule has 1 fully saturated rings. The van der Waals surface area contributed by atoms with Crippen LogP contribution < -0.4 is 9.64 Å². The Hall–Kier alpha value is -2.05. The molecular weight excluding hydrogens is 409 g/mol. The van der Waals surface area contributed by atoms with Crippen molar-refractivity contribution in [1.29, 1.82) is 0 Å². The fraction of sp³-hybridized carbons (Fsp3) is 0.318. The number of aromatic nitrogens is 1. The van der Waals surface area contributed by atoms with Crippen LogP contribution in [-0.4, -0.2) is 60.4 Å². The molecular formula is C22H23Cl2N3O2. The second-order valence-corrected chi connectivity index (χ2v) is 8.05. The quantitative estimate of drug-likeness (QED) is 0.636. The van der Waals surface area contributed by atoms with E-state index in [1.165, 1.54) is 0 Å². The molecule has 7 heteroatoms. The molecule has 0 spiro atoms. The highest BCUT2D eigenvalue weighted by Crippen LogP contribution is 2.29. The Balaban J connectivity index is 1.26. The SMILES string of the molecule is OC(COc1ccc2ncccc2c1)CN1CCN(c2cc(Cl)ccc2Cl)CC1. The summed E-state index contributed by atoms with van der Waals surface area (Å²) in [5, 5.41) is 12.8. The maximum Gasteiger partial charge on any atom is 0.120 e. The normalized spacial score (nSPS) is 16.2. The summed E-state index contributed by atoms with van der Waals surface area (Å²) in [4.78, 5) is 8.78. The van der Waals surface area contributed by atoms with Crippen molar-refractivity contribution < 1.29 is 9.84 Å². The Morgan fingerprint density at radius 2 is 1.86 bits per heavy atom. The van der Waals surface area contributed by atoms with E-state index >= 15 is 0 Å². The van der Waals surface area contributed by atoms with Crippen molar-refractivity contribution in [3.8, 4) is 5.75 Å². The summed E-state index contributed by atoms with van der Waals surface area (Å²) >= 11 is 12.4. The summed E-state index contributed by atoms with van der Waals surface area (Å²) < 4.78 is 5.79. The Kier molecular flexibility index (Phi) is 6.40. The van der Waals surface area contributed by atoms with Crippen LogP contribution in [0.4, 0.5) is 5.69 Å². The van der Waals surface area contributed by atoms with E-state index in [2.05, 4.69) is 14.8 Å². The molecule has 1 aromatic heterocycles.